The summed E-state index contributed by atoms with van der Waals surface area (Å²) >= 11 is 0. The highest BCUT2D eigenvalue weighted by Crippen LogP contribution is 2.35. The molecule has 0 rings (SSSR count). The predicted octanol–water partition coefficient (Wildman–Crippen LogP) is 3.59. The molecule has 0 aromatic rings. The van der Waals surface area contributed by atoms with Gasteiger partial charge in [0.2, 0.25) is 0 Å². The van der Waals surface area contributed by atoms with Crippen molar-refractivity contribution in [2.75, 3.05) is 0 Å². The molecule has 0 saturated carbocycles. The number of carbonyl (C=O) groups excluding carboxylic acids is 1. The zero-order valence-corrected chi connectivity index (χ0v) is 9.39. The molecule has 0 aliphatic rings. The molecule has 0 heterocycles. The van der Waals surface area contributed by atoms with Crippen molar-refractivity contribution >= 4 is 5.78 Å². The lowest BCUT2D eigenvalue weighted by atomic mass is 9.73. The first-order valence-electron chi connectivity index (χ1n) is 5.11. The van der Waals surface area contributed by atoms with Gasteiger partial charge >= 0.3 is 0 Å². The molecule has 0 N–H and O–H groups in total. The lowest BCUT2D eigenvalue weighted by Crippen LogP contribution is -2.23. The monoisotopic (exact) mass is 182 g/mol. The molecule has 13 heavy (non-hydrogen) atoms. The van der Waals surface area contributed by atoms with Gasteiger partial charge in [0, 0.05) is 6.42 Å². The molecule has 1 atom stereocenters. The van der Waals surface area contributed by atoms with Crippen molar-refractivity contribution in [2.24, 2.45) is 11.3 Å². The maximum Gasteiger partial charge on any atom is 0.155 e. The third-order valence-corrected chi connectivity index (χ3v) is 3.37. The van der Waals surface area contributed by atoms with Crippen LogP contribution < -0.4 is 0 Å². The molecule has 1 unspecified atom stereocenters. The molecule has 0 aromatic carbocycles. The average Bonchev–Trinajstić information content (AvgIpc) is 2.13. The first kappa shape index (κ1) is 12.4. The molecular weight excluding hydrogens is 160 g/mol. The summed E-state index contributed by atoms with van der Waals surface area (Å²) in [6.07, 6.45) is 4.18. The lowest BCUT2D eigenvalue weighted by molar-refractivity contribution is -0.115. The standard InChI is InChI=1S/C12H22O/c1-6-11(13)8-9-12(5,7-2)10(3)4/h6,10H,1,7-9H2,2-5H3. The molecule has 0 radical (unpaired) electrons. The van der Waals surface area contributed by atoms with E-state index in [0.29, 0.717) is 17.8 Å². The van der Waals surface area contributed by atoms with Crippen LogP contribution in [0.2, 0.25) is 0 Å². The summed E-state index contributed by atoms with van der Waals surface area (Å²) in [5, 5.41) is 0. The fourth-order valence-corrected chi connectivity index (χ4v) is 1.38. The van der Waals surface area contributed by atoms with Crippen molar-refractivity contribution in [3.8, 4) is 0 Å². The van der Waals surface area contributed by atoms with E-state index < -0.39 is 0 Å². The smallest absolute Gasteiger partial charge is 0.155 e. The molecule has 0 bridgehead atoms. The molecule has 76 valence electrons. The lowest BCUT2D eigenvalue weighted by Gasteiger charge is -2.32. The minimum atomic E-state index is 0.167. The van der Waals surface area contributed by atoms with Crippen LogP contribution >= 0.6 is 0 Å². The Morgan fingerprint density at radius 2 is 2.08 bits per heavy atom. The first-order valence-corrected chi connectivity index (χ1v) is 5.11. The summed E-state index contributed by atoms with van der Waals surface area (Å²) in [6, 6.07) is 0. The summed E-state index contributed by atoms with van der Waals surface area (Å²) in [6.45, 7) is 12.4. The van der Waals surface area contributed by atoms with E-state index in [0.717, 1.165) is 12.8 Å². The fourth-order valence-electron chi connectivity index (χ4n) is 1.38. The first-order chi connectivity index (χ1) is 5.96. The third-order valence-electron chi connectivity index (χ3n) is 3.37. The second-order valence-corrected chi connectivity index (χ2v) is 4.33. The Morgan fingerprint density at radius 1 is 1.54 bits per heavy atom. The second-order valence-electron chi connectivity index (χ2n) is 4.33. The van der Waals surface area contributed by atoms with Crippen LogP contribution in [-0.2, 0) is 4.79 Å². The molecule has 0 amide bonds. The predicted molar refractivity (Wildman–Crippen MR) is 57.7 cm³/mol. The van der Waals surface area contributed by atoms with Gasteiger partial charge in [-0.25, -0.2) is 0 Å². The summed E-state index contributed by atoms with van der Waals surface area (Å²) < 4.78 is 0. The van der Waals surface area contributed by atoms with Crippen molar-refractivity contribution < 1.29 is 4.79 Å². The van der Waals surface area contributed by atoms with Gasteiger partial charge in [0.15, 0.2) is 5.78 Å². The molecule has 0 spiro atoms. The van der Waals surface area contributed by atoms with E-state index >= 15 is 0 Å². The molecule has 0 aliphatic carbocycles. The van der Waals surface area contributed by atoms with Crippen molar-refractivity contribution in [1.29, 1.82) is 0 Å². The third kappa shape index (κ3) is 3.75. The van der Waals surface area contributed by atoms with Crippen molar-refractivity contribution in [3.63, 3.8) is 0 Å². The van der Waals surface area contributed by atoms with Gasteiger partial charge in [-0.05, 0) is 23.8 Å². The van der Waals surface area contributed by atoms with E-state index in [2.05, 4.69) is 34.3 Å². The Morgan fingerprint density at radius 3 is 2.38 bits per heavy atom. The van der Waals surface area contributed by atoms with Gasteiger partial charge in [0.05, 0.1) is 0 Å². The van der Waals surface area contributed by atoms with Gasteiger partial charge in [-0.2, -0.15) is 0 Å². The molecule has 0 aliphatic heterocycles. The summed E-state index contributed by atoms with van der Waals surface area (Å²) in [7, 11) is 0. The highest BCUT2D eigenvalue weighted by molar-refractivity contribution is 5.88. The fraction of sp³-hybridized carbons (Fsp3) is 0.750. The maximum atomic E-state index is 11.1. The SMILES string of the molecule is C=CC(=O)CCC(C)(CC)C(C)C. The van der Waals surface area contributed by atoms with E-state index in [1.807, 2.05) is 0 Å². The Bertz CT molecular complexity index is 182. The van der Waals surface area contributed by atoms with Gasteiger partial charge in [-0.15, -0.1) is 0 Å². The van der Waals surface area contributed by atoms with Crippen LogP contribution in [0.5, 0.6) is 0 Å². The largest absolute Gasteiger partial charge is 0.295 e. The van der Waals surface area contributed by atoms with Crippen molar-refractivity contribution in [1.82, 2.24) is 0 Å². The number of allylic oxidation sites excluding steroid dienone is 1. The van der Waals surface area contributed by atoms with Crippen LogP contribution in [0.3, 0.4) is 0 Å². The number of rotatable bonds is 6. The quantitative estimate of drug-likeness (QED) is 0.574. The molecule has 0 aromatic heterocycles. The normalized spacial score (nSPS) is 15.5. The molecule has 1 nitrogen and oxygen atoms in total. The van der Waals surface area contributed by atoms with Gasteiger partial charge in [-0.3, -0.25) is 4.79 Å². The van der Waals surface area contributed by atoms with Crippen LogP contribution in [0.25, 0.3) is 0 Å². The van der Waals surface area contributed by atoms with Gasteiger partial charge < -0.3 is 0 Å². The molecule has 0 saturated heterocycles. The minimum absolute atomic E-state index is 0.167. The summed E-state index contributed by atoms with van der Waals surface area (Å²) in [4.78, 5) is 11.1. The Hall–Kier alpha value is -0.590. The minimum Gasteiger partial charge on any atom is -0.295 e. The highest BCUT2D eigenvalue weighted by atomic mass is 16.1. The van der Waals surface area contributed by atoms with Crippen LogP contribution in [-0.4, -0.2) is 5.78 Å². The maximum absolute atomic E-state index is 11.1. The Labute approximate surface area is 82.2 Å². The van der Waals surface area contributed by atoms with Crippen LogP contribution in [0.15, 0.2) is 12.7 Å². The van der Waals surface area contributed by atoms with Crippen LogP contribution in [0, 0.1) is 11.3 Å². The number of ketones is 1. The molecule has 0 fully saturated rings. The Balaban J connectivity index is 4.12. The van der Waals surface area contributed by atoms with Crippen LogP contribution in [0.4, 0.5) is 0 Å². The van der Waals surface area contributed by atoms with Gasteiger partial charge in [0.25, 0.3) is 0 Å². The van der Waals surface area contributed by atoms with E-state index in [9.17, 15) is 4.79 Å². The van der Waals surface area contributed by atoms with Crippen molar-refractivity contribution in [3.05, 3.63) is 12.7 Å². The highest BCUT2D eigenvalue weighted by Gasteiger charge is 2.26. The van der Waals surface area contributed by atoms with E-state index in [1.54, 1.807) is 0 Å². The van der Waals surface area contributed by atoms with Gasteiger partial charge in [-0.1, -0.05) is 40.7 Å². The average molecular weight is 182 g/mol. The molecular formula is C12H22O. The topological polar surface area (TPSA) is 17.1 Å². The number of hydrogen-bond acceptors (Lipinski definition) is 1. The summed E-state index contributed by atoms with van der Waals surface area (Å²) in [5.74, 6) is 0.801. The van der Waals surface area contributed by atoms with E-state index in [4.69, 9.17) is 0 Å². The summed E-state index contributed by atoms with van der Waals surface area (Å²) in [5.41, 5.74) is 0.304. The Kier molecular flexibility index (Phi) is 4.97. The van der Waals surface area contributed by atoms with E-state index in [1.165, 1.54) is 6.08 Å². The number of carbonyl (C=O) groups is 1. The zero-order chi connectivity index (χ0) is 10.5. The number of hydrogen-bond donors (Lipinski definition) is 0. The zero-order valence-electron chi connectivity index (χ0n) is 9.39. The van der Waals surface area contributed by atoms with Crippen molar-refractivity contribution in [2.45, 2.75) is 47.0 Å². The molecule has 1 heteroatoms. The van der Waals surface area contributed by atoms with E-state index in [-0.39, 0.29) is 5.78 Å². The van der Waals surface area contributed by atoms with Gasteiger partial charge in [0.1, 0.15) is 0 Å². The second kappa shape index (κ2) is 5.21. The van der Waals surface area contributed by atoms with Crippen LogP contribution in [0.1, 0.15) is 47.0 Å².